The highest BCUT2D eigenvalue weighted by atomic mass is 35.5. The molecule has 1 atom stereocenters. The Hall–Kier alpha value is -0.810. The molecule has 5 nitrogen and oxygen atoms in total. The maximum absolute atomic E-state index is 11.9. The maximum atomic E-state index is 11.9. The van der Waals surface area contributed by atoms with Crippen molar-refractivity contribution >= 4 is 24.2 Å². The van der Waals surface area contributed by atoms with E-state index in [1.807, 2.05) is 0 Å². The van der Waals surface area contributed by atoms with E-state index in [4.69, 9.17) is 0 Å². The topological polar surface area (TPSA) is 70.2 Å². The van der Waals surface area contributed by atoms with Crippen LogP contribution in [0.5, 0.6) is 0 Å². The summed E-state index contributed by atoms with van der Waals surface area (Å²) < 4.78 is 0. The summed E-state index contributed by atoms with van der Waals surface area (Å²) in [4.78, 5) is 23.7. The zero-order valence-electron chi connectivity index (χ0n) is 12.7. The fourth-order valence-corrected chi connectivity index (χ4v) is 3.04. The standard InChI is InChI=1S/C15H27N3O2.ClH/c19-14(18-12-6-2-1-3-7-12)9-11-17-15(20)13-8-4-5-10-16-13;/h12-13,16H,1-11H2,(H,17,20)(H,18,19);1H. The van der Waals surface area contributed by atoms with E-state index < -0.39 is 0 Å². The van der Waals surface area contributed by atoms with E-state index in [0.717, 1.165) is 38.6 Å². The highest BCUT2D eigenvalue weighted by Crippen LogP contribution is 2.17. The minimum absolute atomic E-state index is 0. The molecule has 1 heterocycles. The van der Waals surface area contributed by atoms with Crippen LogP contribution < -0.4 is 16.0 Å². The second kappa shape index (κ2) is 10.0. The van der Waals surface area contributed by atoms with Crippen LogP contribution in [-0.2, 0) is 9.59 Å². The lowest BCUT2D eigenvalue weighted by Crippen LogP contribution is -2.47. The van der Waals surface area contributed by atoms with Crippen molar-refractivity contribution in [2.75, 3.05) is 13.1 Å². The summed E-state index contributed by atoms with van der Waals surface area (Å²) >= 11 is 0. The van der Waals surface area contributed by atoms with Gasteiger partial charge in [0.25, 0.3) is 0 Å². The Bertz CT molecular complexity index is 327. The van der Waals surface area contributed by atoms with Crippen molar-refractivity contribution in [1.29, 1.82) is 0 Å². The van der Waals surface area contributed by atoms with Crippen molar-refractivity contribution < 1.29 is 9.59 Å². The van der Waals surface area contributed by atoms with Gasteiger partial charge in [0, 0.05) is 19.0 Å². The van der Waals surface area contributed by atoms with Crippen LogP contribution in [0.2, 0.25) is 0 Å². The number of halogens is 1. The summed E-state index contributed by atoms with van der Waals surface area (Å²) in [5.74, 6) is 0.101. The Morgan fingerprint density at radius 2 is 1.71 bits per heavy atom. The van der Waals surface area contributed by atoms with Crippen LogP contribution in [0.4, 0.5) is 0 Å². The third-order valence-corrected chi connectivity index (χ3v) is 4.25. The first kappa shape index (κ1) is 18.2. The Morgan fingerprint density at radius 3 is 2.38 bits per heavy atom. The Morgan fingerprint density at radius 1 is 1.00 bits per heavy atom. The van der Waals surface area contributed by atoms with Gasteiger partial charge in [-0.15, -0.1) is 12.4 Å². The van der Waals surface area contributed by atoms with Crippen molar-refractivity contribution in [2.24, 2.45) is 0 Å². The average Bonchev–Trinajstić information content (AvgIpc) is 2.49. The van der Waals surface area contributed by atoms with Crippen molar-refractivity contribution in [3.8, 4) is 0 Å². The number of hydrogen-bond acceptors (Lipinski definition) is 3. The number of piperidine rings is 1. The normalized spacial score (nSPS) is 23.0. The molecule has 2 fully saturated rings. The largest absolute Gasteiger partial charge is 0.354 e. The molecule has 2 rings (SSSR count). The quantitative estimate of drug-likeness (QED) is 0.720. The first-order valence-electron chi connectivity index (χ1n) is 8.06. The summed E-state index contributed by atoms with van der Waals surface area (Å²) in [6, 6.07) is 0.289. The van der Waals surface area contributed by atoms with Crippen molar-refractivity contribution in [2.45, 2.75) is 69.9 Å². The SMILES string of the molecule is Cl.O=C(CCNC(=O)C1CCCCN1)NC1CCCCC1. The Labute approximate surface area is 133 Å². The fourth-order valence-electron chi connectivity index (χ4n) is 3.04. The second-order valence-electron chi connectivity index (χ2n) is 5.95. The predicted octanol–water partition coefficient (Wildman–Crippen LogP) is 1.51. The minimum atomic E-state index is -0.0647. The highest BCUT2D eigenvalue weighted by Gasteiger charge is 2.20. The molecule has 0 radical (unpaired) electrons. The van der Waals surface area contributed by atoms with E-state index in [-0.39, 0.29) is 30.3 Å². The van der Waals surface area contributed by atoms with Gasteiger partial charge >= 0.3 is 0 Å². The fraction of sp³-hybridized carbons (Fsp3) is 0.867. The number of carbonyl (C=O) groups excluding carboxylic acids is 2. The number of hydrogen-bond donors (Lipinski definition) is 3. The van der Waals surface area contributed by atoms with Crippen LogP contribution in [-0.4, -0.2) is 37.0 Å². The lowest BCUT2D eigenvalue weighted by Gasteiger charge is -2.23. The van der Waals surface area contributed by atoms with E-state index in [0.29, 0.717) is 19.0 Å². The third kappa shape index (κ3) is 6.66. The van der Waals surface area contributed by atoms with E-state index in [9.17, 15) is 9.59 Å². The minimum Gasteiger partial charge on any atom is -0.354 e. The van der Waals surface area contributed by atoms with Crippen LogP contribution in [0.3, 0.4) is 0 Å². The number of nitrogens with one attached hydrogen (secondary N) is 3. The first-order valence-corrected chi connectivity index (χ1v) is 8.06. The summed E-state index contributed by atoms with van der Waals surface area (Å²) in [5, 5.41) is 9.13. The van der Waals surface area contributed by atoms with Gasteiger partial charge in [-0.2, -0.15) is 0 Å². The van der Waals surface area contributed by atoms with Gasteiger partial charge in [-0.1, -0.05) is 25.7 Å². The van der Waals surface area contributed by atoms with Gasteiger partial charge in [0.05, 0.1) is 6.04 Å². The third-order valence-electron chi connectivity index (χ3n) is 4.25. The molecular formula is C15H28ClN3O2. The lowest BCUT2D eigenvalue weighted by atomic mass is 9.95. The van der Waals surface area contributed by atoms with Gasteiger partial charge in [0.2, 0.25) is 11.8 Å². The summed E-state index contributed by atoms with van der Waals surface area (Å²) in [5.41, 5.74) is 0. The molecule has 1 saturated heterocycles. The van der Waals surface area contributed by atoms with Crippen LogP contribution in [0.25, 0.3) is 0 Å². The summed E-state index contributed by atoms with van der Waals surface area (Å²) in [6.45, 7) is 1.36. The molecule has 6 heteroatoms. The molecule has 2 aliphatic rings. The van der Waals surface area contributed by atoms with E-state index in [2.05, 4.69) is 16.0 Å². The van der Waals surface area contributed by atoms with Crippen LogP contribution >= 0.6 is 12.4 Å². The van der Waals surface area contributed by atoms with Gasteiger partial charge in [0.15, 0.2) is 0 Å². The van der Waals surface area contributed by atoms with Crippen molar-refractivity contribution in [3.05, 3.63) is 0 Å². The maximum Gasteiger partial charge on any atom is 0.237 e. The molecule has 1 aliphatic heterocycles. The van der Waals surface area contributed by atoms with Gasteiger partial charge in [-0.25, -0.2) is 0 Å². The highest BCUT2D eigenvalue weighted by molar-refractivity contribution is 5.85. The number of amides is 2. The smallest absolute Gasteiger partial charge is 0.237 e. The van der Waals surface area contributed by atoms with Crippen molar-refractivity contribution in [1.82, 2.24) is 16.0 Å². The van der Waals surface area contributed by atoms with E-state index in [1.54, 1.807) is 0 Å². The van der Waals surface area contributed by atoms with Crippen LogP contribution in [0.1, 0.15) is 57.8 Å². The molecule has 0 spiro atoms. The molecule has 1 unspecified atom stereocenters. The van der Waals surface area contributed by atoms with Gasteiger partial charge in [-0.3, -0.25) is 9.59 Å². The molecule has 122 valence electrons. The van der Waals surface area contributed by atoms with Crippen LogP contribution in [0, 0.1) is 0 Å². The van der Waals surface area contributed by atoms with E-state index >= 15 is 0 Å². The molecule has 1 aliphatic carbocycles. The van der Waals surface area contributed by atoms with Crippen molar-refractivity contribution in [3.63, 3.8) is 0 Å². The monoisotopic (exact) mass is 317 g/mol. The lowest BCUT2D eigenvalue weighted by molar-refractivity contribution is -0.124. The van der Waals surface area contributed by atoms with E-state index in [1.165, 1.54) is 19.3 Å². The number of carbonyl (C=O) groups is 2. The van der Waals surface area contributed by atoms with Gasteiger partial charge in [-0.05, 0) is 32.2 Å². The number of rotatable bonds is 5. The molecule has 0 aromatic rings. The summed E-state index contributed by atoms with van der Waals surface area (Å²) in [7, 11) is 0. The molecular weight excluding hydrogens is 290 g/mol. The molecule has 0 aromatic heterocycles. The predicted molar refractivity (Wildman–Crippen MR) is 85.5 cm³/mol. The molecule has 0 bridgehead atoms. The molecule has 3 N–H and O–H groups in total. The second-order valence-corrected chi connectivity index (χ2v) is 5.95. The zero-order chi connectivity index (χ0) is 14.2. The first-order chi connectivity index (χ1) is 9.75. The van der Waals surface area contributed by atoms with Crippen LogP contribution in [0.15, 0.2) is 0 Å². The molecule has 2 amide bonds. The zero-order valence-corrected chi connectivity index (χ0v) is 13.5. The molecule has 1 saturated carbocycles. The molecule has 21 heavy (non-hydrogen) atoms. The Balaban J connectivity index is 0.00000220. The summed E-state index contributed by atoms with van der Waals surface area (Å²) in [6.07, 6.45) is 9.46. The Kier molecular flexibility index (Phi) is 8.69. The van der Waals surface area contributed by atoms with Gasteiger partial charge in [0.1, 0.15) is 0 Å². The average molecular weight is 318 g/mol. The molecule has 0 aromatic carbocycles. The van der Waals surface area contributed by atoms with Gasteiger partial charge < -0.3 is 16.0 Å².